The molecule has 14 heteroatoms. The van der Waals surface area contributed by atoms with Crippen LogP contribution in [0.4, 0.5) is 0 Å². The molecule has 2 aromatic carbocycles. The molecule has 12 nitrogen and oxygen atoms in total. The summed E-state index contributed by atoms with van der Waals surface area (Å²) in [5, 5.41) is 6.04. The molecule has 2 aromatic heterocycles. The molecular weight excluding hydrogens is 777 g/mol. The number of rotatable bonds is 25. The van der Waals surface area contributed by atoms with Crippen molar-refractivity contribution in [2.45, 2.75) is 38.8 Å². The van der Waals surface area contributed by atoms with Crippen molar-refractivity contribution in [1.29, 1.82) is 0 Å². The van der Waals surface area contributed by atoms with E-state index in [1.807, 2.05) is 97.4 Å². The van der Waals surface area contributed by atoms with Gasteiger partial charge in [0.25, 0.3) is 0 Å². The highest BCUT2D eigenvalue weighted by atomic mass is 33.1. The second kappa shape index (κ2) is 25.1. The van der Waals surface area contributed by atoms with E-state index >= 15 is 0 Å². The summed E-state index contributed by atoms with van der Waals surface area (Å²) in [6.07, 6.45) is 14.4. The van der Waals surface area contributed by atoms with Crippen LogP contribution >= 0.6 is 21.6 Å². The number of hydrogen-bond donors (Lipinski definition) is 2. The van der Waals surface area contributed by atoms with E-state index in [2.05, 4.69) is 19.8 Å². The van der Waals surface area contributed by atoms with Gasteiger partial charge in [0, 0.05) is 86.7 Å². The zero-order valence-corrected chi connectivity index (χ0v) is 35.9. The van der Waals surface area contributed by atoms with Gasteiger partial charge in [-0.3, -0.25) is 9.59 Å². The number of nitrogens with one attached hydrogen (secondary N) is 2. The number of hydrogen-bond acceptors (Lipinski definition) is 10. The number of aromatic nitrogens is 2. The van der Waals surface area contributed by atoms with Gasteiger partial charge in [0.2, 0.25) is 34.7 Å². The molecule has 0 fully saturated rings. The molecule has 2 heterocycles. The largest absolute Gasteiger partial charge is 0.493 e. The fourth-order valence-electron chi connectivity index (χ4n) is 6.03. The Kier molecular flexibility index (Phi) is 19.6. The number of aryl methyl sites for hydroxylation is 2. The predicted octanol–water partition coefficient (Wildman–Crippen LogP) is 6.53. The zero-order valence-electron chi connectivity index (χ0n) is 34.3. The summed E-state index contributed by atoms with van der Waals surface area (Å²) in [6, 6.07) is 19.6. The van der Waals surface area contributed by atoms with E-state index in [0.29, 0.717) is 86.4 Å². The molecule has 58 heavy (non-hydrogen) atoms. The summed E-state index contributed by atoms with van der Waals surface area (Å²) < 4.78 is 37.0. The number of carbonyl (C=O) groups is 2. The second-order valence-corrected chi connectivity index (χ2v) is 15.5. The van der Waals surface area contributed by atoms with Gasteiger partial charge >= 0.3 is 0 Å². The number of carbonyl (C=O) groups excluding carboxylic acids is 2. The normalized spacial score (nSPS) is 11.1. The Morgan fingerprint density at radius 1 is 0.552 bits per heavy atom. The lowest BCUT2D eigenvalue weighted by Crippen LogP contribution is -2.37. The first kappa shape index (κ1) is 45.4. The third kappa shape index (κ3) is 14.2. The number of ether oxygens (including phenoxy) is 6. The molecule has 0 saturated heterocycles. The molecule has 0 unspecified atom stereocenters. The monoisotopic (exact) mass is 832 g/mol. The number of amides is 2. The van der Waals surface area contributed by atoms with Crippen LogP contribution < -0.4 is 48.2 Å². The predicted molar refractivity (Wildman–Crippen MR) is 233 cm³/mol. The third-order valence-electron chi connectivity index (χ3n) is 8.92. The van der Waals surface area contributed by atoms with E-state index in [9.17, 15) is 9.59 Å². The van der Waals surface area contributed by atoms with Gasteiger partial charge in [0.05, 0.1) is 42.7 Å². The molecule has 0 aliphatic carbocycles. The molecule has 2 amide bonds. The molecule has 0 spiro atoms. The van der Waals surface area contributed by atoms with E-state index in [1.165, 1.54) is 0 Å². The van der Waals surface area contributed by atoms with Crippen molar-refractivity contribution in [3.8, 4) is 34.5 Å². The van der Waals surface area contributed by atoms with Crippen LogP contribution in [0.2, 0.25) is 0 Å². The van der Waals surface area contributed by atoms with Crippen LogP contribution in [0, 0.1) is 0 Å². The van der Waals surface area contributed by atoms with Crippen LogP contribution in [-0.4, -0.2) is 79.1 Å². The summed E-state index contributed by atoms with van der Waals surface area (Å²) in [5.41, 5.74) is 3.85. The quantitative estimate of drug-likeness (QED) is 0.0434. The van der Waals surface area contributed by atoms with Gasteiger partial charge in [0.1, 0.15) is 13.1 Å². The van der Waals surface area contributed by atoms with Gasteiger partial charge in [0.15, 0.2) is 35.4 Å². The molecule has 0 saturated carbocycles. The summed E-state index contributed by atoms with van der Waals surface area (Å²) in [4.78, 5) is 25.0. The van der Waals surface area contributed by atoms with Crippen LogP contribution in [0.15, 0.2) is 73.1 Å². The van der Waals surface area contributed by atoms with E-state index in [0.717, 1.165) is 34.0 Å². The lowest BCUT2D eigenvalue weighted by Gasteiger charge is -2.12. The first-order chi connectivity index (χ1) is 28.3. The topological polar surface area (TPSA) is 121 Å². The lowest BCUT2D eigenvalue weighted by atomic mass is 10.1. The van der Waals surface area contributed by atoms with Crippen molar-refractivity contribution in [3.05, 3.63) is 95.6 Å². The Morgan fingerprint density at radius 3 is 1.28 bits per heavy atom. The molecule has 310 valence electrons. The van der Waals surface area contributed by atoms with Crippen LogP contribution in [0.25, 0.3) is 24.3 Å². The molecule has 0 aliphatic heterocycles. The Morgan fingerprint density at radius 2 is 0.931 bits per heavy atom. The number of nitrogens with zero attached hydrogens (tertiary/aromatic N) is 2. The molecule has 4 rings (SSSR count). The molecule has 4 aromatic rings. The van der Waals surface area contributed by atoms with Gasteiger partial charge < -0.3 is 39.1 Å². The first-order valence-corrected chi connectivity index (χ1v) is 21.5. The van der Waals surface area contributed by atoms with Gasteiger partial charge in [-0.05, 0) is 59.7 Å². The van der Waals surface area contributed by atoms with Crippen LogP contribution in [0.5, 0.6) is 34.5 Å². The van der Waals surface area contributed by atoms with E-state index in [4.69, 9.17) is 28.4 Å². The molecule has 0 aliphatic rings. The highest BCUT2D eigenvalue weighted by Crippen LogP contribution is 2.39. The average molecular weight is 833 g/mol. The summed E-state index contributed by atoms with van der Waals surface area (Å²) in [6.45, 7) is 2.61. The van der Waals surface area contributed by atoms with Crippen molar-refractivity contribution < 1.29 is 47.1 Å². The Labute approximate surface area is 350 Å². The molecular formula is C44H56N4O8S2+2. The smallest absolute Gasteiger partial charge is 0.220 e. The minimum atomic E-state index is 0.0410. The van der Waals surface area contributed by atoms with E-state index in [-0.39, 0.29) is 11.8 Å². The Bertz CT molecular complexity index is 1800. The molecule has 0 atom stereocenters. The van der Waals surface area contributed by atoms with Crippen LogP contribution in [-0.2, 0) is 22.7 Å². The van der Waals surface area contributed by atoms with Crippen LogP contribution in [0.1, 0.15) is 48.2 Å². The van der Waals surface area contributed by atoms with E-state index in [1.54, 1.807) is 64.2 Å². The summed E-state index contributed by atoms with van der Waals surface area (Å²) >= 11 is 0. The Balaban J connectivity index is 1.08. The number of methoxy groups -OCH3 is 6. The minimum absolute atomic E-state index is 0.0410. The highest BCUT2D eigenvalue weighted by molar-refractivity contribution is 8.76. The van der Waals surface area contributed by atoms with Crippen molar-refractivity contribution in [3.63, 3.8) is 0 Å². The van der Waals surface area contributed by atoms with Crippen molar-refractivity contribution in [2.75, 3.05) is 67.3 Å². The minimum Gasteiger partial charge on any atom is -0.493 e. The number of benzene rings is 2. The van der Waals surface area contributed by atoms with Crippen molar-refractivity contribution in [1.82, 2.24) is 10.6 Å². The Hall–Kier alpha value is -5.34. The lowest BCUT2D eigenvalue weighted by molar-refractivity contribution is -0.699. The summed E-state index contributed by atoms with van der Waals surface area (Å²) in [5.74, 6) is 5.14. The van der Waals surface area contributed by atoms with Gasteiger partial charge in [-0.25, -0.2) is 0 Å². The maximum Gasteiger partial charge on any atom is 0.220 e. The second-order valence-electron chi connectivity index (χ2n) is 12.8. The standard InChI is InChI=1S/C44H54N4O8S2/c1-51-37-29-33(30-38(52-2)43(37)55-5)17-19-35-13-7-9-23-47(35)25-11-15-41(49)45-21-27-57-58-28-22-46-42(50)16-12-26-48-24-10-8-14-36(48)20-18-34-31-39(53-3)44(56-6)40(32-34)54-4/h7-10,13-14,17-20,23-24,29-32H,11-12,15-16,21-22,25-28H2,1-6H3/p+2/b19-17+,20-18+. The molecule has 0 bridgehead atoms. The molecule has 2 N–H and O–H groups in total. The van der Waals surface area contributed by atoms with Crippen molar-refractivity contribution >= 4 is 57.7 Å². The van der Waals surface area contributed by atoms with Crippen LogP contribution in [0.3, 0.4) is 0 Å². The summed E-state index contributed by atoms with van der Waals surface area (Å²) in [7, 11) is 12.9. The van der Waals surface area contributed by atoms with Crippen molar-refractivity contribution in [2.24, 2.45) is 0 Å². The molecule has 0 radical (unpaired) electrons. The fourth-order valence-corrected chi connectivity index (χ4v) is 7.84. The zero-order chi connectivity index (χ0) is 41.5. The van der Waals surface area contributed by atoms with Gasteiger partial charge in [-0.2, -0.15) is 9.13 Å². The maximum atomic E-state index is 12.5. The first-order valence-electron chi connectivity index (χ1n) is 19.0. The third-order valence-corrected chi connectivity index (χ3v) is 11.3. The number of pyridine rings is 2. The fraction of sp³-hybridized carbons (Fsp3) is 0.364. The highest BCUT2D eigenvalue weighted by Gasteiger charge is 2.15. The average Bonchev–Trinajstić information content (AvgIpc) is 3.25. The van der Waals surface area contributed by atoms with E-state index < -0.39 is 0 Å². The van der Waals surface area contributed by atoms with Gasteiger partial charge in [-0.15, -0.1) is 0 Å². The maximum absolute atomic E-state index is 12.5. The van der Waals surface area contributed by atoms with Gasteiger partial charge in [-0.1, -0.05) is 21.6 Å². The SMILES string of the molecule is COc1cc(/C=C/c2cccc[n+]2CCCC(=O)NCCSSCCNC(=O)CCC[n+]2ccccc2/C=C/c2cc(OC)c(OC)c(OC)c2)cc(OC)c1OC.